The van der Waals surface area contributed by atoms with E-state index in [1.165, 1.54) is 12.1 Å². The lowest BCUT2D eigenvalue weighted by molar-refractivity contribution is 0.310. The van der Waals surface area contributed by atoms with Crippen LogP contribution >= 0.6 is 11.6 Å². The van der Waals surface area contributed by atoms with Gasteiger partial charge < -0.3 is 15.2 Å². The summed E-state index contributed by atoms with van der Waals surface area (Å²) in [6, 6.07) is 10.3. The van der Waals surface area contributed by atoms with Crippen molar-refractivity contribution in [2.75, 3.05) is 20.3 Å². The summed E-state index contributed by atoms with van der Waals surface area (Å²) < 4.78 is 24.3. The van der Waals surface area contributed by atoms with Gasteiger partial charge in [-0.1, -0.05) is 23.7 Å². The van der Waals surface area contributed by atoms with E-state index in [0.29, 0.717) is 36.1 Å². The van der Waals surface area contributed by atoms with Crippen LogP contribution in [0, 0.1) is 5.82 Å². The number of ether oxygens (including phenoxy) is 2. The Kier molecular flexibility index (Phi) is 6.25. The molecule has 0 saturated heterocycles. The predicted octanol–water partition coefficient (Wildman–Crippen LogP) is 4.17. The van der Waals surface area contributed by atoms with Gasteiger partial charge in [-0.25, -0.2) is 4.39 Å². The van der Waals surface area contributed by atoms with Crippen molar-refractivity contribution in [3.63, 3.8) is 0 Å². The maximum Gasteiger partial charge on any atom is 0.179 e. The summed E-state index contributed by atoms with van der Waals surface area (Å²) in [7, 11) is 1.55. The molecule has 2 rings (SSSR count). The molecule has 2 aromatic carbocycles. The standard InChI is InChI=1S/C18H21ClFNO2/c1-3-23-17-9-12(8-16(19)18(17)22-2)7-14(11-21)13-5-4-6-15(20)10-13/h4-6,8-10,14H,3,7,11,21H2,1-2H3. The molecule has 0 amide bonds. The Bertz CT molecular complexity index is 663. The third-order valence-corrected chi connectivity index (χ3v) is 3.94. The highest BCUT2D eigenvalue weighted by Crippen LogP contribution is 2.37. The molecule has 0 bridgehead atoms. The second-order valence-corrected chi connectivity index (χ2v) is 5.64. The summed E-state index contributed by atoms with van der Waals surface area (Å²) in [5.74, 6) is 0.869. The maximum atomic E-state index is 13.4. The minimum atomic E-state index is -0.260. The highest BCUT2D eigenvalue weighted by atomic mass is 35.5. The molecule has 0 aromatic heterocycles. The van der Waals surface area contributed by atoms with Gasteiger partial charge in [0, 0.05) is 5.92 Å². The summed E-state index contributed by atoms with van der Waals surface area (Å²) in [6.45, 7) is 2.83. The van der Waals surface area contributed by atoms with Crippen molar-refractivity contribution in [1.29, 1.82) is 0 Å². The van der Waals surface area contributed by atoms with E-state index in [1.807, 2.05) is 25.1 Å². The fourth-order valence-corrected chi connectivity index (χ4v) is 2.89. The molecule has 0 saturated carbocycles. The first-order chi connectivity index (χ1) is 11.1. The van der Waals surface area contributed by atoms with Crippen LogP contribution in [0.4, 0.5) is 4.39 Å². The molecule has 3 nitrogen and oxygen atoms in total. The van der Waals surface area contributed by atoms with Crippen molar-refractivity contribution < 1.29 is 13.9 Å². The maximum absolute atomic E-state index is 13.4. The zero-order chi connectivity index (χ0) is 16.8. The quantitative estimate of drug-likeness (QED) is 0.824. The van der Waals surface area contributed by atoms with E-state index < -0.39 is 0 Å². The van der Waals surface area contributed by atoms with Crippen LogP contribution in [0.25, 0.3) is 0 Å². The van der Waals surface area contributed by atoms with E-state index >= 15 is 0 Å². The van der Waals surface area contributed by atoms with Crippen LogP contribution < -0.4 is 15.2 Å². The van der Waals surface area contributed by atoms with Crippen LogP contribution in [0.3, 0.4) is 0 Å². The molecule has 2 N–H and O–H groups in total. The van der Waals surface area contributed by atoms with Gasteiger partial charge in [0.25, 0.3) is 0 Å². The zero-order valence-corrected chi connectivity index (χ0v) is 14.1. The molecular weight excluding hydrogens is 317 g/mol. The first-order valence-corrected chi connectivity index (χ1v) is 7.91. The number of hydrogen-bond acceptors (Lipinski definition) is 3. The van der Waals surface area contributed by atoms with Crippen molar-refractivity contribution in [2.45, 2.75) is 19.3 Å². The van der Waals surface area contributed by atoms with E-state index in [2.05, 4.69) is 0 Å². The molecule has 1 unspecified atom stereocenters. The van der Waals surface area contributed by atoms with Gasteiger partial charge in [0.05, 0.1) is 18.7 Å². The van der Waals surface area contributed by atoms with Crippen LogP contribution in [-0.2, 0) is 6.42 Å². The van der Waals surface area contributed by atoms with Crippen LogP contribution in [0.1, 0.15) is 24.0 Å². The smallest absolute Gasteiger partial charge is 0.179 e. The number of methoxy groups -OCH3 is 1. The van der Waals surface area contributed by atoms with E-state index in [0.717, 1.165) is 11.1 Å². The lowest BCUT2D eigenvalue weighted by Gasteiger charge is -2.18. The molecule has 0 aliphatic rings. The minimum Gasteiger partial charge on any atom is -0.491 e. The molecule has 0 radical (unpaired) electrons. The van der Waals surface area contributed by atoms with Crippen molar-refractivity contribution in [3.8, 4) is 11.5 Å². The van der Waals surface area contributed by atoms with Crippen LogP contribution in [0.5, 0.6) is 11.5 Å². The van der Waals surface area contributed by atoms with Gasteiger partial charge in [-0.2, -0.15) is 0 Å². The topological polar surface area (TPSA) is 44.5 Å². The van der Waals surface area contributed by atoms with Gasteiger partial charge in [-0.05, 0) is 55.3 Å². The first kappa shape index (κ1) is 17.6. The molecule has 1 atom stereocenters. The van der Waals surface area contributed by atoms with E-state index in [1.54, 1.807) is 13.2 Å². The van der Waals surface area contributed by atoms with E-state index in [-0.39, 0.29) is 11.7 Å². The Morgan fingerprint density at radius 2 is 2.04 bits per heavy atom. The number of rotatable bonds is 7. The first-order valence-electron chi connectivity index (χ1n) is 7.53. The Morgan fingerprint density at radius 1 is 1.26 bits per heavy atom. The van der Waals surface area contributed by atoms with Crippen LogP contribution in [-0.4, -0.2) is 20.3 Å². The van der Waals surface area contributed by atoms with Gasteiger partial charge in [-0.15, -0.1) is 0 Å². The van der Waals surface area contributed by atoms with Crippen molar-refractivity contribution in [2.24, 2.45) is 5.73 Å². The summed E-state index contributed by atoms with van der Waals surface area (Å²) in [4.78, 5) is 0. The Hall–Kier alpha value is -1.78. The highest BCUT2D eigenvalue weighted by molar-refractivity contribution is 6.32. The second kappa shape index (κ2) is 8.18. The van der Waals surface area contributed by atoms with E-state index in [9.17, 15) is 4.39 Å². The molecule has 23 heavy (non-hydrogen) atoms. The summed E-state index contributed by atoms with van der Waals surface area (Å²) in [6.07, 6.45) is 0.643. The minimum absolute atomic E-state index is 0.00429. The Morgan fingerprint density at radius 3 is 2.65 bits per heavy atom. The van der Waals surface area contributed by atoms with Crippen molar-refractivity contribution in [1.82, 2.24) is 0 Å². The molecule has 0 spiro atoms. The molecule has 2 aromatic rings. The molecule has 0 aliphatic carbocycles. The number of hydrogen-bond donors (Lipinski definition) is 1. The fraction of sp³-hybridized carbons (Fsp3) is 0.333. The number of nitrogens with two attached hydrogens (primary N) is 1. The van der Waals surface area contributed by atoms with Gasteiger partial charge >= 0.3 is 0 Å². The van der Waals surface area contributed by atoms with Crippen molar-refractivity contribution >= 4 is 11.6 Å². The molecule has 0 fully saturated rings. The van der Waals surface area contributed by atoms with Gasteiger partial charge in [-0.3, -0.25) is 0 Å². The molecule has 0 heterocycles. The van der Waals surface area contributed by atoms with Gasteiger partial charge in [0.1, 0.15) is 5.82 Å². The average Bonchev–Trinajstić information content (AvgIpc) is 2.53. The molecule has 5 heteroatoms. The summed E-state index contributed by atoms with van der Waals surface area (Å²) in [5.41, 5.74) is 7.73. The van der Waals surface area contributed by atoms with Crippen LogP contribution in [0.15, 0.2) is 36.4 Å². The van der Waals surface area contributed by atoms with Gasteiger partial charge in [0.15, 0.2) is 11.5 Å². The largest absolute Gasteiger partial charge is 0.491 e. The van der Waals surface area contributed by atoms with Gasteiger partial charge in [0.2, 0.25) is 0 Å². The molecular formula is C18H21ClFNO2. The SMILES string of the molecule is CCOc1cc(CC(CN)c2cccc(F)c2)cc(Cl)c1OC. The third-order valence-electron chi connectivity index (χ3n) is 3.66. The summed E-state index contributed by atoms with van der Waals surface area (Å²) in [5, 5.41) is 0.489. The number of benzene rings is 2. The van der Waals surface area contributed by atoms with Crippen LogP contribution in [0.2, 0.25) is 5.02 Å². The van der Waals surface area contributed by atoms with E-state index in [4.69, 9.17) is 26.8 Å². The monoisotopic (exact) mass is 337 g/mol. The second-order valence-electron chi connectivity index (χ2n) is 5.23. The lowest BCUT2D eigenvalue weighted by Crippen LogP contribution is -2.15. The number of halogens is 2. The Balaban J connectivity index is 2.30. The zero-order valence-electron chi connectivity index (χ0n) is 13.3. The molecule has 124 valence electrons. The predicted molar refractivity (Wildman–Crippen MR) is 91.1 cm³/mol. The normalized spacial score (nSPS) is 12.0. The highest BCUT2D eigenvalue weighted by Gasteiger charge is 2.16. The molecule has 0 aliphatic heterocycles. The van der Waals surface area contributed by atoms with Crippen molar-refractivity contribution in [3.05, 3.63) is 58.4 Å². The average molecular weight is 338 g/mol. The third kappa shape index (κ3) is 4.36. The Labute approximate surface area is 141 Å². The lowest BCUT2D eigenvalue weighted by atomic mass is 9.92. The summed E-state index contributed by atoms with van der Waals surface area (Å²) >= 11 is 6.27. The fourth-order valence-electron chi connectivity index (χ4n) is 2.58.